The van der Waals surface area contributed by atoms with Crippen LogP contribution in [0.2, 0.25) is 0 Å². The SMILES string of the molecule is CCCCCC=CCC=CCCCCCCCCC(CCCCCCCCC=CCC=CCCCCC)C(CCN(C)C)C(=O)O. The van der Waals surface area contributed by atoms with Crippen LogP contribution in [0.1, 0.15) is 187 Å². The van der Waals surface area contributed by atoms with Crippen LogP contribution in [0, 0.1) is 11.8 Å². The van der Waals surface area contributed by atoms with Gasteiger partial charge in [0.25, 0.3) is 0 Å². The molecule has 0 aliphatic rings. The molecule has 3 heteroatoms. The number of carbonyl (C=O) groups is 1. The molecule has 0 heterocycles. The number of allylic oxidation sites excluding steroid dienone is 8. The maximum Gasteiger partial charge on any atom is 0.306 e. The highest BCUT2D eigenvalue weighted by Gasteiger charge is 2.27. The van der Waals surface area contributed by atoms with Gasteiger partial charge >= 0.3 is 5.97 Å². The maximum atomic E-state index is 12.3. The Balaban J connectivity index is 4.15. The second-order valence-electron chi connectivity index (χ2n) is 14.0. The van der Waals surface area contributed by atoms with Gasteiger partial charge in [-0.1, -0.05) is 152 Å². The Labute approximate surface area is 288 Å². The van der Waals surface area contributed by atoms with Crippen LogP contribution in [0.15, 0.2) is 48.6 Å². The van der Waals surface area contributed by atoms with E-state index in [1.54, 1.807) is 0 Å². The molecule has 0 saturated carbocycles. The first-order chi connectivity index (χ1) is 22.5. The van der Waals surface area contributed by atoms with Crippen molar-refractivity contribution in [1.29, 1.82) is 0 Å². The van der Waals surface area contributed by atoms with Crippen LogP contribution in [0.3, 0.4) is 0 Å². The third kappa shape index (κ3) is 32.3. The molecule has 0 aliphatic heterocycles. The smallest absolute Gasteiger partial charge is 0.306 e. The average Bonchev–Trinajstić information content (AvgIpc) is 3.03. The lowest BCUT2D eigenvalue weighted by atomic mass is 9.81. The van der Waals surface area contributed by atoms with Crippen LogP contribution < -0.4 is 0 Å². The predicted molar refractivity (Wildman–Crippen MR) is 206 cm³/mol. The van der Waals surface area contributed by atoms with E-state index in [1.807, 2.05) is 0 Å². The van der Waals surface area contributed by atoms with Gasteiger partial charge < -0.3 is 10.0 Å². The van der Waals surface area contributed by atoms with Gasteiger partial charge in [0, 0.05) is 0 Å². The van der Waals surface area contributed by atoms with Gasteiger partial charge in [0.2, 0.25) is 0 Å². The molecule has 0 aromatic carbocycles. The third-order valence-corrected chi connectivity index (χ3v) is 9.32. The Morgan fingerprint density at radius 1 is 0.500 bits per heavy atom. The molecule has 0 spiro atoms. The van der Waals surface area contributed by atoms with Crippen LogP contribution in [0.5, 0.6) is 0 Å². The second kappa shape index (κ2) is 36.2. The van der Waals surface area contributed by atoms with Crippen molar-refractivity contribution in [2.24, 2.45) is 11.8 Å². The highest BCUT2D eigenvalue weighted by atomic mass is 16.4. The Morgan fingerprint density at radius 3 is 1.20 bits per heavy atom. The molecule has 0 radical (unpaired) electrons. The zero-order chi connectivity index (χ0) is 33.8. The van der Waals surface area contributed by atoms with E-state index in [0.29, 0.717) is 5.92 Å². The topological polar surface area (TPSA) is 40.5 Å². The van der Waals surface area contributed by atoms with Crippen molar-refractivity contribution in [2.45, 2.75) is 187 Å². The molecule has 3 nitrogen and oxygen atoms in total. The second-order valence-corrected chi connectivity index (χ2v) is 14.0. The summed E-state index contributed by atoms with van der Waals surface area (Å²) in [5, 5.41) is 10.1. The minimum absolute atomic E-state index is 0.196. The fourth-order valence-electron chi connectivity index (χ4n) is 6.29. The summed E-state index contributed by atoms with van der Waals surface area (Å²) in [5.41, 5.74) is 0. The lowest BCUT2D eigenvalue weighted by molar-refractivity contribution is -0.144. The highest BCUT2D eigenvalue weighted by molar-refractivity contribution is 5.70. The minimum atomic E-state index is -0.577. The molecule has 0 amide bonds. The molecule has 46 heavy (non-hydrogen) atoms. The summed E-state index contributed by atoms with van der Waals surface area (Å²) in [6.45, 7) is 5.38. The fourth-order valence-corrected chi connectivity index (χ4v) is 6.29. The van der Waals surface area contributed by atoms with E-state index < -0.39 is 5.97 Å². The first-order valence-electron chi connectivity index (χ1n) is 20.0. The van der Waals surface area contributed by atoms with Gasteiger partial charge in [-0.3, -0.25) is 4.79 Å². The lowest BCUT2D eigenvalue weighted by Crippen LogP contribution is -2.28. The van der Waals surface area contributed by atoms with Crippen LogP contribution in [-0.2, 0) is 4.79 Å². The first-order valence-corrected chi connectivity index (χ1v) is 20.0. The van der Waals surface area contributed by atoms with Crippen molar-refractivity contribution in [3.8, 4) is 0 Å². The number of unbranched alkanes of at least 4 members (excludes halogenated alkanes) is 18. The number of carboxylic acid groups (broad SMARTS) is 1. The molecular formula is C43H79NO2. The standard InChI is InChI=1S/C43H79NO2/c1-5-7-9-11-13-15-17-19-21-23-25-27-29-31-33-35-37-41(42(43(45)46)39-40-44(3)4)38-36-34-32-30-28-26-24-22-20-18-16-14-12-10-8-6-2/h13-16,19-22,41-42H,5-12,17-18,23-40H2,1-4H3,(H,45,46). The summed E-state index contributed by atoms with van der Waals surface area (Å²) in [5.74, 6) is -0.445. The minimum Gasteiger partial charge on any atom is -0.481 e. The summed E-state index contributed by atoms with van der Waals surface area (Å²) < 4.78 is 0. The van der Waals surface area contributed by atoms with Gasteiger partial charge in [-0.05, 0) is 110 Å². The fraction of sp³-hybridized carbons (Fsp3) is 0.791. The third-order valence-electron chi connectivity index (χ3n) is 9.32. The van der Waals surface area contributed by atoms with Crippen molar-refractivity contribution in [3.63, 3.8) is 0 Å². The Bertz CT molecular complexity index is 702. The first kappa shape index (κ1) is 44.4. The highest BCUT2D eigenvalue weighted by Crippen LogP contribution is 2.29. The Hall–Kier alpha value is -1.61. The normalized spacial score (nSPS) is 13.8. The summed E-state index contributed by atoms with van der Waals surface area (Å²) in [4.78, 5) is 14.4. The van der Waals surface area contributed by atoms with E-state index in [2.05, 4.69) is 81.5 Å². The van der Waals surface area contributed by atoms with Crippen LogP contribution in [-0.4, -0.2) is 36.6 Å². The molecule has 268 valence electrons. The number of rotatable bonds is 35. The van der Waals surface area contributed by atoms with Crippen molar-refractivity contribution in [2.75, 3.05) is 20.6 Å². The number of carboxylic acids is 1. The van der Waals surface area contributed by atoms with E-state index in [4.69, 9.17) is 0 Å². The molecule has 0 rings (SSSR count). The van der Waals surface area contributed by atoms with Gasteiger partial charge in [-0.2, -0.15) is 0 Å². The predicted octanol–water partition coefficient (Wildman–Crippen LogP) is 13.7. The van der Waals surface area contributed by atoms with E-state index in [1.165, 1.54) is 141 Å². The van der Waals surface area contributed by atoms with Crippen LogP contribution in [0.4, 0.5) is 0 Å². The summed E-state index contributed by atoms with van der Waals surface area (Å²) in [6, 6.07) is 0. The van der Waals surface area contributed by atoms with Gasteiger partial charge in [0.1, 0.15) is 0 Å². The largest absolute Gasteiger partial charge is 0.481 e. The summed E-state index contributed by atoms with van der Waals surface area (Å²) in [7, 11) is 4.11. The lowest BCUT2D eigenvalue weighted by Gasteiger charge is -2.25. The van der Waals surface area contributed by atoms with Gasteiger partial charge in [0.05, 0.1) is 5.92 Å². The monoisotopic (exact) mass is 642 g/mol. The van der Waals surface area contributed by atoms with E-state index in [-0.39, 0.29) is 5.92 Å². The molecule has 1 N–H and O–H groups in total. The summed E-state index contributed by atoms with van der Waals surface area (Å²) >= 11 is 0. The van der Waals surface area contributed by atoms with Gasteiger partial charge in [0.15, 0.2) is 0 Å². The quantitative estimate of drug-likeness (QED) is 0.0553. The molecule has 1 atom stereocenters. The van der Waals surface area contributed by atoms with Crippen LogP contribution in [0.25, 0.3) is 0 Å². The molecule has 1 unspecified atom stereocenters. The summed E-state index contributed by atoms with van der Waals surface area (Å²) in [6.07, 6.45) is 51.8. The van der Waals surface area contributed by atoms with Gasteiger partial charge in [-0.25, -0.2) is 0 Å². The van der Waals surface area contributed by atoms with Crippen molar-refractivity contribution < 1.29 is 9.90 Å². The number of nitrogens with zero attached hydrogens (tertiary/aromatic N) is 1. The van der Waals surface area contributed by atoms with Crippen LogP contribution >= 0.6 is 0 Å². The number of aliphatic carboxylic acids is 1. The molecule has 0 saturated heterocycles. The van der Waals surface area contributed by atoms with Gasteiger partial charge in [-0.15, -0.1) is 0 Å². The Morgan fingerprint density at radius 2 is 0.848 bits per heavy atom. The van der Waals surface area contributed by atoms with E-state index >= 15 is 0 Å². The molecule has 0 aliphatic carbocycles. The molecule has 0 aromatic rings. The zero-order valence-corrected chi connectivity index (χ0v) is 31.4. The molecule has 0 aromatic heterocycles. The molecule has 0 bridgehead atoms. The molecule has 0 fully saturated rings. The van der Waals surface area contributed by atoms with Crippen molar-refractivity contribution >= 4 is 5.97 Å². The zero-order valence-electron chi connectivity index (χ0n) is 31.4. The van der Waals surface area contributed by atoms with Crippen molar-refractivity contribution in [3.05, 3.63) is 48.6 Å². The van der Waals surface area contributed by atoms with E-state index in [0.717, 1.165) is 38.6 Å². The molecular weight excluding hydrogens is 562 g/mol. The number of hydrogen-bond acceptors (Lipinski definition) is 2. The average molecular weight is 642 g/mol. The maximum absolute atomic E-state index is 12.3. The number of hydrogen-bond donors (Lipinski definition) is 1. The Kier molecular flexibility index (Phi) is 35.0. The van der Waals surface area contributed by atoms with Crippen molar-refractivity contribution in [1.82, 2.24) is 4.90 Å². The van der Waals surface area contributed by atoms with E-state index in [9.17, 15) is 9.90 Å².